The molecule has 6 heteroatoms. The summed E-state index contributed by atoms with van der Waals surface area (Å²) >= 11 is 1.72. The lowest BCUT2D eigenvalue weighted by atomic mass is 9.74. The molecule has 0 saturated carbocycles. The zero-order chi connectivity index (χ0) is 26.3. The molecule has 1 fully saturated rings. The molecule has 0 amide bonds. The van der Waals surface area contributed by atoms with Gasteiger partial charge >= 0.3 is 0 Å². The quantitative estimate of drug-likeness (QED) is 0.202. The van der Waals surface area contributed by atoms with Gasteiger partial charge in [0.1, 0.15) is 5.75 Å². The average molecular weight is 536 g/mol. The van der Waals surface area contributed by atoms with Crippen LogP contribution in [-0.4, -0.2) is 47.1 Å². The number of likely N-dealkylation sites (tertiary alicyclic amines) is 1. The maximum absolute atomic E-state index is 5.88. The zero-order valence-electron chi connectivity index (χ0n) is 22.0. The molecule has 0 bridgehead atoms. The van der Waals surface area contributed by atoms with Crippen LogP contribution in [0.4, 0.5) is 0 Å². The van der Waals surface area contributed by atoms with E-state index in [0.29, 0.717) is 24.1 Å². The van der Waals surface area contributed by atoms with Crippen molar-refractivity contribution in [3.05, 3.63) is 114 Å². The fourth-order valence-corrected chi connectivity index (χ4v) is 6.04. The Kier molecular flexibility index (Phi) is 7.93. The van der Waals surface area contributed by atoms with Gasteiger partial charge in [-0.25, -0.2) is 0 Å². The van der Waals surface area contributed by atoms with Gasteiger partial charge in [0.2, 0.25) is 11.8 Å². The van der Waals surface area contributed by atoms with Crippen LogP contribution < -0.4 is 4.74 Å². The Hall–Kier alpha value is -3.61. The topological polar surface area (TPSA) is 51.4 Å². The van der Waals surface area contributed by atoms with Crippen LogP contribution >= 0.6 is 11.8 Å². The number of nitrogens with zero attached hydrogens (tertiary/aromatic N) is 3. The first kappa shape index (κ1) is 25.7. The van der Waals surface area contributed by atoms with Gasteiger partial charge in [-0.2, -0.15) is 0 Å². The number of piperidine rings is 1. The first-order valence-corrected chi connectivity index (χ1v) is 14.8. The van der Waals surface area contributed by atoms with E-state index >= 15 is 0 Å². The first-order valence-electron chi connectivity index (χ1n) is 13.6. The number of thioether (sulfide) groups is 1. The Morgan fingerprint density at radius 1 is 0.923 bits per heavy atom. The van der Waals surface area contributed by atoms with Crippen LogP contribution in [0.3, 0.4) is 0 Å². The lowest BCUT2D eigenvalue weighted by Crippen LogP contribution is -2.41. The number of rotatable bonds is 10. The van der Waals surface area contributed by atoms with Crippen molar-refractivity contribution in [1.29, 1.82) is 0 Å². The number of fused-ring (bicyclic) bond motifs is 2. The summed E-state index contributed by atoms with van der Waals surface area (Å²) in [5.74, 6) is 3.62. The number of hydrogen-bond donors (Lipinski definition) is 0. The van der Waals surface area contributed by atoms with Gasteiger partial charge in [-0.1, -0.05) is 78.9 Å². The lowest BCUT2D eigenvalue weighted by Gasteiger charge is -2.39. The molecule has 0 radical (unpaired) electrons. The van der Waals surface area contributed by atoms with Crippen molar-refractivity contribution in [3.8, 4) is 17.2 Å². The fraction of sp³-hybridized carbons (Fsp3) is 0.273. The van der Waals surface area contributed by atoms with E-state index in [-0.39, 0.29) is 5.41 Å². The second kappa shape index (κ2) is 12.1. The smallest absolute Gasteiger partial charge is 0.247 e. The van der Waals surface area contributed by atoms with Gasteiger partial charge in [0, 0.05) is 23.3 Å². The Balaban J connectivity index is 0.938. The van der Waals surface area contributed by atoms with E-state index < -0.39 is 0 Å². The number of hydrogen-bond acceptors (Lipinski definition) is 6. The van der Waals surface area contributed by atoms with Gasteiger partial charge in [0.05, 0.1) is 12.4 Å². The maximum atomic E-state index is 5.88. The van der Waals surface area contributed by atoms with Gasteiger partial charge in [0.25, 0.3) is 0 Å². The largest absolute Gasteiger partial charge is 0.493 e. The highest BCUT2D eigenvalue weighted by Gasteiger charge is 2.37. The van der Waals surface area contributed by atoms with Gasteiger partial charge in [-0.05, 0) is 66.9 Å². The van der Waals surface area contributed by atoms with Crippen molar-refractivity contribution in [2.45, 2.75) is 24.0 Å². The SMILES string of the molecule is C1=CC2(CCN(C/C=C/c3ccc(-c4nnc(CSCCOc5ccccc5)o4)cc3)CC2)c2ccccc21. The molecule has 198 valence electrons. The van der Waals surface area contributed by atoms with Crippen molar-refractivity contribution >= 4 is 23.9 Å². The van der Waals surface area contributed by atoms with Crippen molar-refractivity contribution in [2.24, 2.45) is 0 Å². The minimum absolute atomic E-state index is 0.247. The highest BCUT2D eigenvalue weighted by atomic mass is 32.2. The molecule has 0 atom stereocenters. The minimum atomic E-state index is 0.247. The predicted molar refractivity (Wildman–Crippen MR) is 160 cm³/mol. The lowest BCUT2D eigenvalue weighted by molar-refractivity contribution is 0.201. The Morgan fingerprint density at radius 3 is 2.56 bits per heavy atom. The Bertz CT molecular complexity index is 1420. The standard InChI is InChI=1S/C33H33N3O2S/c1-2-9-29(10-3-1)37-23-24-39-25-31-34-35-32(38-31)28-14-12-26(13-15-28)7-6-20-36-21-18-33(19-22-36)17-16-27-8-4-5-11-30(27)33/h1-17H,18-25H2/b7-6+. The van der Waals surface area contributed by atoms with E-state index in [1.54, 1.807) is 11.8 Å². The molecular formula is C33H33N3O2S. The molecule has 2 aliphatic rings. The summed E-state index contributed by atoms with van der Waals surface area (Å²) in [4.78, 5) is 2.55. The summed E-state index contributed by atoms with van der Waals surface area (Å²) in [6.45, 7) is 3.87. The summed E-state index contributed by atoms with van der Waals surface area (Å²) in [5.41, 5.74) is 5.27. The molecular weight excluding hydrogens is 502 g/mol. The van der Waals surface area contributed by atoms with Crippen LogP contribution in [0.25, 0.3) is 23.6 Å². The predicted octanol–water partition coefficient (Wildman–Crippen LogP) is 7.12. The van der Waals surface area contributed by atoms with Crippen LogP contribution in [0.5, 0.6) is 5.75 Å². The molecule has 2 heterocycles. The van der Waals surface area contributed by atoms with Crippen molar-refractivity contribution < 1.29 is 9.15 Å². The first-order chi connectivity index (χ1) is 19.3. The van der Waals surface area contributed by atoms with E-state index in [1.807, 2.05) is 42.5 Å². The third-order valence-electron chi connectivity index (χ3n) is 7.59. The molecule has 4 aromatic rings. The van der Waals surface area contributed by atoms with Crippen LogP contribution in [0.15, 0.2) is 95.4 Å². The average Bonchev–Trinajstić information content (AvgIpc) is 3.61. The van der Waals surface area contributed by atoms with E-state index in [9.17, 15) is 0 Å². The van der Waals surface area contributed by atoms with Crippen LogP contribution in [0.1, 0.15) is 35.4 Å². The Morgan fingerprint density at radius 2 is 1.72 bits per heavy atom. The summed E-state index contributed by atoms with van der Waals surface area (Å²) < 4.78 is 11.6. The van der Waals surface area contributed by atoms with Gasteiger partial charge < -0.3 is 9.15 Å². The van der Waals surface area contributed by atoms with E-state index in [1.165, 1.54) is 29.5 Å². The number of para-hydroxylation sites is 1. The molecule has 1 spiro atoms. The molecule has 3 aromatic carbocycles. The second-order valence-corrected chi connectivity index (χ2v) is 11.2. The van der Waals surface area contributed by atoms with Crippen molar-refractivity contribution in [1.82, 2.24) is 15.1 Å². The third-order valence-corrected chi connectivity index (χ3v) is 8.50. The molecule has 1 saturated heterocycles. The van der Waals surface area contributed by atoms with Gasteiger partial charge in [0.15, 0.2) is 0 Å². The summed E-state index contributed by atoms with van der Waals surface area (Å²) in [7, 11) is 0. The third kappa shape index (κ3) is 6.18. The second-order valence-electron chi connectivity index (χ2n) is 10.1. The van der Waals surface area contributed by atoms with Crippen molar-refractivity contribution in [3.63, 3.8) is 0 Å². The summed E-state index contributed by atoms with van der Waals surface area (Å²) in [6, 6.07) is 27.0. The molecule has 6 rings (SSSR count). The number of allylic oxidation sites excluding steroid dienone is 1. The molecule has 0 N–H and O–H groups in total. The van der Waals surface area contributed by atoms with Crippen LogP contribution in [-0.2, 0) is 11.2 Å². The summed E-state index contributed by atoms with van der Waals surface area (Å²) in [6.07, 6.45) is 11.6. The monoisotopic (exact) mass is 535 g/mol. The summed E-state index contributed by atoms with van der Waals surface area (Å²) in [5, 5.41) is 8.45. The van der Waals surface area contributed by atoms with E-state index in [4.69, 9.17) is 9.15 Å². The van der Waals surface area contributed by atoms with E-state index in [0.717, 1.165) is 36.7 Å². The van der Waals surface area contributed by atoms with E-state index in [2.05, 4.69) is 75.8 Å². The Labute approximate surface area is 234 Å². The molecule has 5 nitrogen and oxygen atoms in total. The highest BCUT2D eigenvalue weighted by Crippen LogP contribution is 2.43. The maximum Gasteiger partial charge on any atom is 0.247 e. The molecule has 1 aliphatic heterocycles. The van der Waals surface area contributed by atoms with Gasteiger partial charge in [-0.3, -0.25) is 4.90 Å². The van der Waals surface area contributed by atoms with Gasteiger partial charge in [-0.15, -0.1) is 22.0 Å². The number of aromatic nitrogens is 2. The van der Waals surface area contributed by atoms with Crippen molar-refractivity contribution in [2.75, 3.05) is 32.0 Å². The number of ether oxygens (including phenoxy) is 1. The molecule has 1 aromatic heterocycles. The number of benzene rings is 3. The highest BCUT2D eigenvalue weighted by molar-refractivity contribution is 7.98. The van der Waals surface area contributed by atoms with Crippen LogP contribution in [0.2, 0.25) is 0 Å². The van der Waals surface area contributed by atoms with Crippen LogP contribution in [0, 0.1) is 0 Å². The zero-order valence-corrected chi connectivity index (χ0v) is 22.9. The fourth-order valence-electron chi connectivity index (χ4n) is 5.40. The molecule has 1 aliphatic carbocycles. The normalized spacial score (nSPS) is 16.2. The minimum Gasteiger partial charge on any atom is -0.493 e. The molecule has 0 unspecified atom stereocenters. The molecule has 39 heavy (non-hydrogen) atoms.